The molecule has 98 valence electrons. The zero-order chi connectivity index (χ0) is 14.0. The van der Waals surface area contributed by atoms with E-state index in [0.29, 0.717) is 22.8 Å². The van der Waals surface area contributed by atoms with Crippen LogP contribution in [0.5, 0.6) is 11.5 Å². The van der Waals surface area contributed by atoms with Crippen LogP contribution in [0.4, 0.5) is 4.39 Å². The zero-order valence-electron chi connectivity index (χ0n) is 11.0. The second kappa shape index (κ2) is 5.18. The summed E-state index contributed by atoms with van der Waals surface area (Å²) in [7, 11) is 0. The van der Waals surface area contributed by atoms with Gasteiger partial charge in [-0.3, -0.25) is 9.78 Å². The van der Waals surface area contributed by atoms with Gasteiger partial charge in [-0.1, -0.05) is 0 Å². The summed E-state index contributed by atoms with van der Waals surface area (Å²) in [6, 6.07) is 6.23. The molecular weight excluding hydrogens is 245 g/mol. The highest BCUT2D eigenvalue weighted by molar-refractivity contribution is 5.97. The summed E-state index contributed by atoms with van der Waals surface area (Å²) >= 11 is 0. The normalized spacial score (nSPS) is 10.3. The van der Waals surface area contributed by atoms with Crippen LogP contribution in [0.1, 0.15) is 28.5 Å². The van der Waals surface area contributed by atoms with Crippen molar-refractivity contribution in [2.75, 3.05) is 0 Å². The van der Waals surface area contributed by atoms with Crippen molar-refractivity contribution < 1.29 is 13.9 Å². The first-order valence-electron chi connectivity index (χ1n) is 5.89. The van der Waals surface area contributed by atoms with Crippen molar-refractivity contribution in [3.8, 4) is 11.5 Å². The summed E-state index contributed by atoms with van der Waals surface area (Å²) in [5.41, 5.74) is 1.37. The number of halogens is 1. The Morgan fingerprint density at radius 3 is 2.63 bits per heavy atom. The molecule has 0 atom stereocenters. The average Bonchev–Trinajstić information content (AvgIpc) is 2.36. The fraction of sp³-hybridized carbons (Fsp3) is 0.200. The lowest BCUT2D eigenvalue weighted by molar-refractivity contribution is 0.101. The van der Waals surface area contributed by atoms with E-state index in [1.165, 1.54) is 19.1 Å². The molecule has 2 rings (SSSR count). The monoisotopic (exact) mass is 259 g/mol. The highest BCUT2D eigenvalue weighted by Gasteiger charge is 2.14. The molecule has 4 heteroatoms. The van der Waals surface area contributed by atoms with Gasteiger partial charge in [0.15, 0.2) is 5.78 Å². The number of hydrogen-bond donors (Lipinski definition) is 0. The van der Waals surface area contributed by atoms with Gasteiger partial charge >= 0.3 is 0 Å². The van der Waals surface area contributed by atoms with E-state index in [1.807, 2.05) is 0 Å². The summed E-state index contributed by atoms with van der Waals surface area (Å²) < 4.78 is 19.2. The van der Waals surface area contributed by atoms with E-state index in [9.17, 15) is 9.18 Å². The third-order valence-corrected chi connectivity index (χ3v) is 2.82. The smallest absolute Gasteiger partial charge is 0.163 e. The second-order valence-electron chi connectivity index (χ2n) is 4.34. The van der Waals surface area contributed by atoms with Crippen LogP contribution in [-0.4, -0.2) is 10.8 Å². The van der Waals surface area contributed by atoms with Crippen molar-refractivity contribution in [3.05, 3.63) is 53.1 Å². The van der Waals surface area contributed by atoms with Crippen LogP contribution in [0, 0.1) is 19.7 Å². The lowest BCUT2D eigenvalue weighted by Crippen LogP contribution is -2.00. The summed E-state index contributed by atoms with van der Waals surface area (Å²) in [6.45, 7) is 4.81. The number of nitrogens with zero attached hydrogens (tertiary/aromatic N) is 1. The number of ether oxygens (including phenoxy) is 1. The Morgan fingerprint density at radius 1 is 1.26 bits per heavy atom. The number of pyridine rings is 1. The topological polar surface area (TPSA) is 39.2 Å². The highest BCUT2D eigenvalue weighted by atomic mass is 19.1. The van der Waals surface area contributed by atoms with Crippen molar-refractivity contribution in [2.45, 2.75) is 20.8 Å². The molecule has 2 aromatic rings. The number of aromatic nitrogens is 1. The third-order valence-electron chi connectivity index (χ3n) is 2.82. The Morgan fingerprint density at radius 2 is 2.00 bits per heavy atom. The lowest BCUT2D eigenvalue weighted by atomic mass is 10.1. The van der Waals surface area contributed by atoms with Gasteiger partial charge in [0.2, 0.25) is 0 Å². The molecule has 0 N–H and O–H groups in total. The number of carbonyl (C=O) groups is 1. The number of benzene rings is 1. The quantitative estimate of drug-likeness (QED) is 0.786. The van der Waals surface area contributed by atoms with Crippen LogP contribution in [0.2, 0.25) is 0 Å². The van der Waals surface area contributed by atoms with Gasteiger partial charge < -0.3 is 4.74 Å². The summed E-state index contributed by atoms with van der Waals surface area (Å²) in [5, 5.41) is 0. The first-order chi connectivity index (χ1) is 8.99. The molecule has 0 aliphatic heterocycles. The molecule has 0 aliphatic rings. The SMILES string of the molecule is CC(=O)c1cc(F)c(C)cc1Oc1cccnc1C. The van der Waals surface area contributed by atoms with Crippen LogP contribution in [0.25, 0.3) is 0 Å². The maximum atomic E-state index is 13.5. The molecular formula is C15H14FNO2. The maximum absolute atomic E-state index is 13.5. The van der Waals surface area contributed by atoms with Gasteiger partial charge in [-0.05, 0) is 50.6 Å². The van der Waals surface area contributed by atoms with Crippen LogP contribution >= 0.6 is 0 Å². The Bertz CT molecular complexity index is 638. The minimum absolute atomic E-state index is 0.228. The highest BCUT2D eigenvalue weighted by Crippen LogP contribution is 2.29. The summed E-state index contributed by atoms with van der Waals surface area (Å²) in [5.74, 6) is 0.245. The Balaban J connectivity index is 2.48. The number of rotatable bonds is 3. The Hall–Kier alpha value is -2.23. The number of carbonyl (C=O) groups excluding carboxylic acids is 1. The molecule has 1 heterocycles. The van der Waals surface area contributed by atoms with Gasteiger partial charge in [-0.2, -0.15) is 0 Å². The van der Waals surface area contributed by atoms with E-state index in [4.69, 9.17) is 4.74 Å². The molecule has 19 heavy (non-hydrogen) atoms. The average molecular weight is 259 g/mol. The zero-order valence-corrected chi connectivity index (χ0v) is 11.0. The number of Topliss-reactive ketones (excluding diaryl/α,β-unsaturated/α-hetero) is 1. The van der Waals surface area contributed by atoms with E-state index in [2.05, 4.69) is 4.98 Å². The van der Waals surface area contributed by atoms with Crippen molar-refractivity contribution in [2.24, 2.45) is 0 Å². The molecule has 0 radical (unpaired) electrons. The largest absolute Gasteiger partial charge is 0.455 e. The van der Waals surface area contributed by atoms with E-state index in [0.717, 1.165) is 0 Å². The summed E-state index contributed by atoms with van der Waals surface area (Å²) in [6.07, 6.45) is 1.66. The molecule has 0 aliphatic carbocycles. The number of ketones is 1. The van der Waals surface area contributed by atoms with Crippen LogP contribution in [-0.2, 0) is 0 Å². The standard InChI is InChI=1S/C15H14FNO2/c1-9-7-15(12(11(3)18)8-13(9)16)19-14-5-4-6-17-10(14)2/h4-8H,1-3H3. The Kier molecular flexibility index (Phi) is 3.60. The predicted octanol–water partition coefficient (Wildman–Crippen LogP) is 3.83. The van der Waals surface area contributed by atoms with Gasteiger partial charge in [0, 0.05) is 6.20 Å². The molecule has 0 bridgehead atoms. The molecule has 0 spiro atoms. The molecule has 0 saturated carbocycles. The predicted molar refractivity (Wildman–Crippen MR) is 70.2 cm³/mol. The second-order valence-corrected chi connectivity index (χ2v) is 4.34. The van der Waals surface area contributed by atoms with Crippen LogP contribution < -0.4 is 4.74 Å². The van der Waals surface area contributed by atoms with Crippen LogP contribution in [0.3, 0.4) is 0 Å². The number of aryl methyl sites for hydroxylation is 2. The number of hydrogen-bond acceptors (Lipinski definition) is 3. The van der Waals surface area contributed by atoms with Crippen LogP contribution in [0.15, 0.2) is 30.5 Å². The minimum atomic E-state index is -0.416. The molecule has 0 amide bonds. The van der Waals surface area contributed by atoms with E-state index in [-0.39, 0.29) is 11.3 Å². The first kappa shape index (κ1) is 13.2. The molecule has 0 unspecified atom stereocenters. The third kappa shape index (κ3) is 2.78. The van der Waals surface area contributed by atoms with Gasteiger partial charge in [-0.25, -0.2) is 4.39 Å². The molecule has 3 nitrogen and oxygen atoms in total. The first-order valence-corrected chi connectivity index (χ1v) is 5.89. The van der Waals surface area contributed by atoms with Crippen molar-refractivity contribution in [1.82, 2.24) is 4.98 Å². The van der Waals surface area contributed by atoms with Crippen molar-refractivity contribution >= 4 is 5.78 Å². The van der Waals surface area contributed by atoms with Gasteiger partial charge in [0.1, 0.15) is 17.3 Å². The molecule has 1 aromatic heterocycles. The van der Waals surface area contributed by atoms with Crippen molar-refractivity contribution in [1.29, 1.82) is 0 Å². The van der Waals surface area contributed by atoms with Gasteiger partial charge in [0.25, 0.3) is 0 Å². The minimum Gasteiger partial charge on any atom is -0.455 e. The lowest BCUT2D eigenvalue weighted by Gasteiger charge is -2.12. The van der Waals surface area contributed by atoms with E-state index in [1.54, 1.807) is 32.2 Å². The van der Waals surface area contributed by atoms with Crippen molar-refractivity contribution in [3.63, 3.8) is 0 Å². The molecule has 1 aromatic carbocycles. The fourth-order valence-corrected chi connectivity index (χ4v) is 1.71. The van der Waals surface area contributed by atoms with Gasteiger partial charge in [-0.15, -0.1) is 0 Å². The molecule has 0 saturated heterocycles. The Labute approximate surface area is 111 Å². The molecule has 0 fully saturated rings. The fourth-order valence-electron chi connectivity index (χ4n) is 1.71. The summed E-state index contributed by atoms with van der Waals surface area (Å²) in [4.78, 5) is 15.6. The van der Waals surface area contributed by atoms with Gasteiger partial charge in [0.05, 0.1) is 11.3 Å². The van der Waals surface area contributed by atoms with E-state index < -0.39 is 5.82 Å². The van der Waals surface area contributed by atoms with E-state index >= 15 is 0 Å². The maximum Gasteiger partial charge on any atom is 0.163 e.